The van der Waals surface area contributed by atoms with Crippen LogP contribution in [0.15, 0.2) is 35.4 Å². The van der Waals surface area contributed by atoms with E-state index in [0.29, 0.717) is 17.2 Å². The third-order valence-electron chi connectivity index (χ3n) is 6.04. The zero-order valence-electron chi connectivity index (χ0n) is 19.1. The summed E-state index contributed by atoms with van der Waals surface area (Å²) in [5, 5.41) is 4.47. The molecular formula is C24H29FN4O2S2. The Hall–Kier alpha value is -2.52. The number of hydrogen-bond donors (Lipinski definition) is 2. The van der Waals surface area contributed by atoms with E-state index in [9.17, 15) is 12.8 Å². The molecule has 2 aromatic heterocycles. The van der Waals surface area contributed by atoms with Gasteiger partial charge in [-0.2, -0.15) is 4.39 Å². The number of pyridine rings is 1. The maximum atomic E-state index is 13.3. The van der Waals surface area contributed by atoms with Gasteiger partial charge in [-0.1, -0.05) is 49.2 Å². The Balaban J connectivity index is 1.61. The molecule has 2 N–H and O–H groups in total. The normalized spacial score (nSPS) is 15.3. The summed E-state index contributed by atoms with van der Waals surface area (Å²) in [6.07, 6.45) is 8.58. The molecule has 33 heavy (non-hydrogen) atoms. The van der Waals surface area contributed by atoms with Gasteiger partial charge in [-0.15, -0.1) is 0 Å². The quantitative estimate of drug-likeness (QED) is 0.319. The van der Waals surface area contributed by atoms with Crippen LogP contribution >= 0.6 is 11.3 Å². The van der Waals surface area contributed by atoms with E-state index in [4.69, 9.17) is 4.98 Å². The molecule has 1 fully saturated rings. The van der Waals surface area contributed by atoms with E-state index < -0.39 is 16.0 Å². The lowest BCUT2D eigenvalue weighted by atomic mass is 10.1. The number of nitrogens with zero attached hydrogens (tertiary/aromatic N) is 2. The number of aromatic nitrogens is 2. The lowest BCUT2D eigenvalue weighted by Crippen LogP contribution is -2.17. The van der Waals surface area contributed by atoms with E-state index in [2.05, 4.69) is 15.0 Å². The van der Waals surface area contributed by atoms with Gasteiger partial charge in [0.15, 0.2) is 5.13 Å². The molecule has 6 nitrogen and oxygen atoms in total. The fraction of sp³-hybridized carbons (Fsp3) is 0.417. The van der Waals surface area contributed by atoms with Gasteiger partial charge in [0, 0.05) is 6.04 Å². The van der Waals surface area contributed by atoms with E-state index in [1.807, 2.05) is 13.0 Å². The van der Waals surface area contributed by atoms with Gasteiger partial charge >= 0.3 is 0 Å². The van der Waals surface area contributed by atoms with Gasteiger partial charge in [-0.05, 0) is 62.4 Å². The maximum Gasteiger partial charge on any atom is 0.262 e. The minimum Gasteiger partial charge on any atom is -0.359 e. The summed E-state index contributed by atoms with van der Waals surface area (Å²) < 4.78 is 42.2. The van der Waals surface area contributed by atoms with Crippen LogP contribution in [0.2, 0.25) is 0 Å². The van der Waals surface area contributed by atoms with Gasteiger partial charge in [0.25, 0.3) is 10.0 Å². The Morgan fingerprint density at radius 2 is 1.76 bits per heavy atom. The van der Waals surface area contributed by atoms with E-state index >= 15 is 0 Å². The van der Waals surface area contributed by atoms with Gasteiger partial charge < -0.3 is 5.32 Å². The number of rotatable bonds is 6. The summed E-state index contributed by atoms with van der Waals surface area (Å²) >= 11 is 1.56. The molecular weight excluding hydrogens is 459 g/mol. The van der Waals surface area contributed by atoms with Crippen LogP contribution < -0.4 is 10.0 Å². The van der Waals surface area contributed by atoms with E-state index in [1.54, 1.807) is 37.3 Å². The molecule has 3 aromatic rings. The molecule has 1 aromatic carbocycles. The lowest BCUT2D eigenvalue weighted by molar-refractivity contribution is 0.582. The summed E-state index contributed by atoms with van der Waals surface area (Å²) in [6.45, 7) is 5.34. The van der Waals surface area contributed by atoms with Crippen molar-refractivity contribution in [2.24, 2.45) is 0 Å². The molecule has 0 aliphatic heterocycles. The van der Waals surface area contributed by atoms with Crippen LogP contribution in [0.1, 0.15) is 55.3 Å². The number of sulfonamides is 1. The highest BCUT2D eigenvalue weighted by Gasteiger charge is 2.21. The zero-order valence-corrected chi connectivity index (χ0v) is 20.7. The Kier molecular flexibility index (Phi) is 6.99. The molecule has 0 amide bonds. The van der Waals surface area contributed by atoms with Crippen LogP contribution in [0.5, 0.6) is 0 Å². The van der Waals surface area contributed by atoms with Crippen molar-refractivity contribution in [1.82, 2.24) is 9.97 Å². The third kappa shape index (κ3) is 5.52. The summed E-state index contributed by atoms with van der Waals surface area (Å²) in [5.74, 6) is -0.650. The fourth-order valence-corrected chi connectivity index (χ4v) is 6.61. The van der Waals surface area contributed by atoms with E-state index in [0.717, 1.165) is 34.1 Å². The van der Waals surface area contributed by atoms with Crippen molar-refractivity contribution >= 4 is 32.2 Å². The number of nitrogens with one attached hydrogen (secondary N) is 2. The summed E-state index contributed by atoms with van der Waals surface area (Å²) in [4.78, 5) is 9.40. The molecule has 0 atom stereocenters. The van der Waals surface area contributed by atoms with Crippen LogP contribution in [-0.4, -0.2) is 24.4 Å². The number of anilines is 2. The second kappa shape index (κ2) is 9.77. The SMILES string of the molecule is Cc1cc(F)ncc1NS(=O)(=O)c1cc(-c2sc(NC3CCCCCC3)nc2C)ccc1C. The standard InChI is InChI=1S/C24H29FN4O2S2/c1-15-10-11-18(13-21(15)33(30,31)29-20-14-26-22(25)12-16(20)2)23-17(3)27-24(32-23)28-19-8-6-4-5-7-9-19/h10-14,19,29H,4-9H2,1-3H3,(H,27,28). The molecule has 176 valence electrons. The third-order valence-corrected chi connectivity index (χ3v) is 8.69. The van der Waals surface area contributed by atoms with Crippen LogP contribution in [-0.2, 0) is 10.0 Å². The van der Waals surface area contributed by atoms with E-state index in [-0.39, 0.29) is 10.6 Å². The Morgan fingerprint density at radius 3 is 2.45 bits per heavy atom. The Labute approximate surface area is 198 Å². The van der Waals surface area contributed by atoms with Gasteiger partial charge in [-0.3, -0.25) is 4.72 Å². The molecule has 1 aliphatic carbocycles. The smallest absolute Gasteiger partial charge is 0.262 e. The van der Waals surface area contributed by atoms with Crippen molar-refractivity contribution in [1.29, 1.82) is 0 Å². The lowest BCUT2D eigenvalue weighted by Gasteiger charge is -2.14. The molecule has 2 heterocycles. The number of thiazole rings is 1. The molecule has 0 unspecified atom stereocenters. The van der Waals surface area contributed by atoms with Crippen LogP contribution in [0, 0.1) is 26.7 Å². The molecule has 9 heteroatoms. The molecule has 0 bridgehead atoms. The highest BCUT2D eigenvalue weighted by atomic mass is 32.2. The summed E-state index contributed by atoms with van der Waals surface area (Å²) in [7, 11) is -3.89. The molecule has 4 rings (SSSR count). The van der Waals surface area contributed by atoms with Crippen LogP contribution in [0.25, 0.3) is 10.4 Å². The van der Waals surface area contributed by atoms with Gasteiger partial charge in [0.2, 0.25) is 5.95 Å². The number of benzene rings is 1. The van der Waals surface area contributed by atoms with Crippen molar-refractivity contribution in [3.05, 3.63) is 53.2 Å². The molecule has 1 aliphatic rings. The second-order valence-corrected chi connectivity index (χ2v) is 11.3. The number of halogens is 1. The first-order valence-electron chi connectivity index (χ1n) is 11.2. The fourth-order valence-electron chi connectivity index (χ4n) is 4.18. The highest BCUT2D eigenvalue weighted by Crippen LogP contribution is 2.36. The molecule has 0 radical (unpaired) electrons. The maximum absolute atomic E-state index is 13.3. The van der Waals surface area contributed by atoms with E-state index in [1.165, 1.54) is 37.9 Å². The van der Waals surface area contributed by atoms with Crippen molar-refractivity contribution in [2.75, 3.05) is 10.0 Å². The predicted molar refractivity (Wildman–Crippen MR) is 132 cm³/mol. The Morgan fingerprint density at radius 1 is 1.03 bits per heavy atom. The molecule has 0 saturated heterocycles. The van der Waals surface area contributed by atoms with Crippen molar-refractivity contribution in [3.63, 3.8) is 0 Å². The second-order valence-electron chi connectivity index (χ2n) is 8.67. The summed E-state index contributed by atoms with van der Waals surface area (Å²) in [5.41, 5.74) is 3.02. The van der Waals surface area contributed by atoms with Crippen LogP contribution in [0.4, 0.5) is 15.2 Å². The average molecular weight is 489 g/mol. The highest BCUT2D eigenvalue weighted by molar-refractivity contribution is 7.92. The van der Waals surface area contributed by atoms with Crippen molar-refractivity contribution in [3.8, 4) is 10.4 Å². The topological polar surface area (TPSA) is 84.0 Å². The first-order chi connectivity index (χ1) is 15.7. The first-order valence-corrected chi connectivity index (χ1v) is 13.5. The van der Waals surface area contributed by atoms with Gasteiger partial charge in [0.05, 0.1) is 27.4 Å². The monoisotopic (exact) mass is 488 g/mol. The minimum atomic E-state index is -3.89. The zero-order chi connectivity index (χ0) is 23.6. The van der Waals surface area contributed by atoms with Crippen molar-refractivity contribution in [2.45, 2.75) is 70.2 Å². The number of hydrogen-bond acceptors (Lipinski definition) is 6. The average Bonchev–Trinajstić information content (AvgIpc) is 2.94. The van der Waals surface area contributed by atoms with Gasteiger partial charge in [-0.25, -0.2) is 18.4 Å². The molecule has 0 spiro atoms. The largest absolute Gasteiger partial charge is 0.359 e. The predicted octanol–water partition coefficient (Wildman–Crippen LogP) is 6.20. The first kappa shape index (κ1) is 23.6. The minimum absolute atomic E-state index is 0.176. The van der Waals surface area contributed by atoms with Crippen molar-refractivity contribution < 1.29 is 12.8 Å². The van der Waals surface area contributed by atoms with Gasteiger partial charge in [0.1, 0.15) is 0 Å². The number of aryl methyl sites for hydroxylation is 3. The molecule has 1 saturated carbocycles. The van der Waals surface area contributed by atoms with Crippen LogP contribution in [0.3, 0.4) is 0 Å². The summed E-state index contributed by atoms with van der Waals surface area (Å²) in [6, 6.07) is 7.05. The Bertz CT molecular complexity index is 1250.